The van der Waals surface area contributed by atoms with Crippen molar-refractivity contribution >= 4 is 23.3 Å². The van der Waals surface area contributed by atoms with Gasteiger partial charge in [-0.15, -0.1) is 0 Å². The number of cyclic esters (lactones) is 1. The molecule has 1 aromatic carbocycles. The van der Waals surface area contributed by atoms with Crippen molar-refractivity contribution < 1.29 is 37.1 Å². The average Bonchev–Trinajstić information content (AvgIpc) is 2.86. The van der Waals surface area contributed by atoms with Gasteiger partial charge in [0.05, 0.1) is 9.95 Å². The number of hydrogen-bond donors (Lipinski definition) is 0. The zero-order chi connectivity index (χ0) is 21.6. The van der Waals surface area contributed by atoms with Crippen molar-refractivity contribution in [2.75, 3.05) is 0 Å². The molecule has 0 bridgehead atoms. The Kier molecular flexibility index (Phi) is 5.13. The molecule has 1 aliphatic rings. The van der Waals surface area contributed by atoms with E-state index in [0.717, 1.165) is 30.5 Å². The molecule has 0 aliphatic carbocycles. The van der Waals surface area contributed by atoms with Crippen LogP contribution in [-0.4, -0.2) is 21.5 Å². The number of halogens is 4. The van der Waals surface area contributed by atoms with E-state index in [1.807, 2.05) is 0 Å². The second-order valence-corrected chi connectivity index (χ2v) is 6.82. The van der Waals surface area contributed by atoms with Crippen molar-refractivity contribution in [3.8, 4) is 11.6 Å². The predicted octanol–water partition coefficient (Wildman–Crippen LogP) is 4.80. The number of pyridine rings is 1. The Morgan fingerprint density at radius 3 is 2.55 bits per heavy atom. The van der Waals surface area contributed by atoms with Gasteiger partial charge in [-0.05, 0) is 32.0 Å². The molecule has 12 heteroatoms. The summed E-state index contributed by atoms with van der Waals surface area (Å²) in [6, 6.07) is 4.06. The van der Waals surface area contributed by atoms with E-state index >= 15 is 0 Å². The highest BCUT2D eigenvalue weighted by molar-refractivity contribution is 6.31. The summed E-state index contributed by atoms with van der Waals surface area (Å²) < 4.78 is 55.4. The standard InChI is InChI=1S/C17H12ClF3N2O6/c1-16(2)15(24)28-14(29-16)9-7-8(3-4-11(9)23(25)26)27-13-12(17(19,20)21)10(18)5-6-22-13/h3-7,14H,1-2H3. The molecule has 2 heterocycles. The van der Waals surface area contributed by atoms with Crippen LogP contribution in [0.25, 0.3) is 0 Å². The molecular weight excluding hydrogens is 421 g/mol. The summed E-state index contributed by atoms with van der Waals surface area (Å²) in [6.07, 6.45) is -5.27. The molecule has 29 heavy (non-hydrogen) atoms. The summed E-state index contributed by atoms with van der Waals surface area (Å²) in [4.78, 5) is 25.9. The Morgan fingerprint density at radius 1 is 1.31 bits per heavy atom. The van der Waals surface area contributed by atoms with Crippen LogP contribution in [-0.2, 0) is 20.4 Å². The monoisotopic (exact) mass is 432 g/mol. The first-order valence-corrected chi connectivity index (χ1v) is 8.35. The van der Waals surface area contributed by atoms with Crippen LogP contribution in [0, 0.1) is 10.1 Å². The van der Waals surface area contributed by atoms with Crippen molar-refractivity contribution in [3.63, 3.8) is 0 Å². The third kappa shape index (κ3) is 4.10. The average molecular weight is 433 g/mol. The number of nitrogens with zero attached hydrogens (tertiary/aromatic N) is 2. The summed E-state index contributed by atoms with van der Waals surface area (Å²) in [5.41, 5.74) is -3.33. The molecule has 1 saturated heterocycles. The minimum atomic E-state index is -4.85. The zero-order valence-electron chi connectivity index (χ0n) is 14.8. The second-order valence-electron chi connectivity index (χ2n) is 6.42. The normalized spacial score (nSPS) is 18.4. The van der Waals surface area contributed by atoms with Gasteiger partial charge in [0, 0.05) is 12.3 Å². The Bertz CT molecular complexity index is 996. The van der Waals surface area contributed by atoms with Gasteiger partial charge in [0.2, 0.25) is 12.2 Å². The summed E-state index contributed by atoms with van der Waals surface area (Å²) >= 11 is 5.62. The van der Waals surface area contributed by atoms with Gasteiger partial charge >= 0.3 is 12.1 Å². The van der Waals surface area contributed by atoms with Crippen LogP contribution in [0.5, 0.6) is 11.6 Å². The summed E-state index contributed by atoms with van der Waals surface area (Å²) in [5, 5.41) is 10.7. The topological polar surface area (TPSA) is 101 Å². The third-order valence-electron chi connectivity index (χ3n) is 3.92. The molecule has 0 spiro atoms. The minimum absolute atomic E-state index is 0.206. The molecular formula is C17H12ClF3N2O6. The fraction of sp³-hybridized carbons (Fsp3) is 0.294. The molecule has 0 amide bonds. The Morgan fingerprint density at radius 2 is 2.00 bits per heavy atom. The maximum Gasteiger partial charge on any atom is 0.423 e. The molecule has 1 aliphatic heterocycles. The van der Waals surface area contributed by atoms with E-state index in [0.29, 0.717) is 0 Å². The van der Waals surface area contributed by atoms with Crippen molar-refractivity contribution in [2.45, 2.75) is 31.9 Å². The number of ether oxygens (including phenoxy) is 3. The van der Waals surface area contributed by atoms with Crippen LogP contribution in [0.1, 0.15) is 31.3 Å². The molecule has 1 unspecified atom stereocenters. The number of carbonyl (C=O) groups excluding carboxylic acids is 1. The van der Waals surface area contributed by atoms with Crippen LogP contribution in [0.3, 0.4) is 0 Å². The van der Waals surface area contributed by atoms with Crippen molar-refractivity contribution in [3.05, 3.63) is 56.7 Å². The molecule has 3 rings (SSSR count). The number of nitro groups is 1. The first-order valence-electron chi connectivity index (χ1n) is 7.97. The fourth-order valence-electron chi connectivity index (χ4n) is 2.52. The predicted molar refractivity (Wildman–Crippen MR) is 91.4 cm³/mol. The zero-order valence-corrected chi connectivity index (χ0v) is 15.6. The van der Waals surface area contributed by atoms with Crippen molar-refractivity contribution in [2.24, 2.45) is 0 Å². The quantitative estimate of drug-likeness (QED) is 0.388. The van der Waals surface area contributed by atoms with E-state index in [1.54, 1.807) is 0 Å². The highest BCUT2D eigenvalue weighted by Crippen LogP contribution is 2.43. The number of carbonyl (C=O) groups is 1. The van der Waals surface area contributed by atoms with Gasteiger partial charge in [0.25, 0.3) is 5.69 Å². The van der Waals surface area contributed by atoms with E-state index in [9.17, 15) is 28.1 Å². The second kappa shape index (κ2) is 7.16. The highest BCUT2D eigenvalue weighted by Gasteiger charge is 2.45. The fourth-order valence-corrected chi connectivity index (χ4v) is 2.77. The largest absolute Gasteiger partial charge is 0.438 e. The number of benzene rings is 1. The van der Waals surface area contributed by atoms with Crippen LogP contribution in [0.2, 0.25) is 5.02 Å². The number of rotatable bonds is 4. The van der Waals surface area contributed by atoms with Crippen molar-refractivity contribution in [1.82, 2.24) is 4.98 Å². The number of alkyl halides is 3. The number of aromatic nitrogens is 1. The van der Waals surface area contributed by atoms with Crippen LogP contribution in [0.4, 0.5) is 18.9 Å². The molecule has 8 nitrogen and oxygen atoms in total. The van der Waals surface area contributed by atoms with E-state index in [-0.39, 0.29) is 11.3 Å². The molecule has 1 aromatic heterocycles. The minimum Gasteiger partial charge on any atom is -0.438 e. The van der Waals surface area contributed by atoms with Crippen LogP contribution >= 0.6 is 11.6 Å². The third-order valence-corrected chi connectivity index (χ3v) is 4.24. The molecule has 0 radical (unpaired) electrons. The molecule has 1 atom stereocenters. The van der Waals surface area contributed by atoms with Gasteiger partial charge in [-0.1, -0.05) is 11.6 Å². The Labute approximate surface area is 166 Å². The van der Waals surface area contributed by atoms with E-state index < -0.39 is 51.1 Å². The van der Waals surface area contributed by atoms with E-state index in [4.69, 9.17) is 25.8 Å². The number of hydrogen-bond acceptors (Lipinski definition) is 7. The first kappa shape index (κ1) is 20.8. The van der Waals surface area contributed by atoms with Gasteiger partial charge in [0.1, 0.15) is 16.9 Å². The number of esters is 1. The maximum atomic E-state index is 13.3. The maximum absolute atomic E-state index is 13.3. The highest BCUT2D eigenvalue weighted by atomic mass is 35.5. The summed E-state index contributed by atoms with van der Waals surface area (Å²) in [7, 11) is 0. The lowest BCUT2D eigenvalue weighted by Crippen LogP contribution is -2.27. The van der Waals surface area contributed by atoms with Gasteiger partial charge < -0.3 is 14.2 Å². The van der Waals surface area contributed by atoms with Gasteiger partial charge in [-0.2, -0.15) is 13.2 Å². The Balaban J connectivity index is 2.03. The lowest BCUT2D eigenvalue weighted by atomic mass is 10.1. The lowest BCUT2D eigenvalue weighted by Gasteiger charge is -2.16. The van der Waals surface area contributed by atoms with E-state index in [2.05, 4.69) is 4.98 Å². The molecule has 2 aromatic rings. The van der Waals surface area contributed by atoms with Crippen molar-refractivity contribution in [1.29, 1.82) is 0 Å². The lowest BCUT2D eigenvalue weighted by molar-refractivity contribution is -0.386. The van der Waals surface area contributed by atoms with E-state index in [1.165, 1.54) is 13.8 Å². The smallest absolute Gasteiger partial charge is 0.423 e. The van der Waals surface area contributed by atoms with Crippen LogP contribution in [0.15, 0.2) is 30.5 Å². The van der Waals surface area contributed by atoms with Gasteiger partial charge in [0.15, 0.2) is 5.60 Å². The SMILES string of the molecule is CC1(C)OC(c2cc(Oc3nccc(Cl)c3C(F)(F)F)ccc2[N+](=O)[O-])OC1=O. The Hall–Kier alpha value is -2.92. The summed E-state index contributed by atoms with van der Waals surface area (Å²) in [5.74, 6) is -1.82. The number of nitro benzene ring substituents is 1. The van der Waals surface area contributed by atoms with Gasteiger partial charge in [-0.3, -0.25) is 10.1 Å². The van der Waals surface area contributed by atoms with Crippen LogP contribution < -0.4 is 4.74 Å². The summed E-state index contributed by atoms with van der Waals surface area (Å²) in [6.45, 7) is 2.82. The molecule has 1 fully saturated rings. The first-order chi connectivity index (χ1) is 13.4. The molecule has 0 saturated carbocycles. The van der Waals surface area contributed by atoms with Gasteiger partial charge in [-0.25, -0.2) is 9.78 Å². The molecule has 0 N–H and O–H groups in total. The molecule has 154 valence electrons.